The second kappa shape index (κ2) is 7.29. The van der Waals surface area contributed by atoms with Gasteiger partial charge in [0.1, 0.15) is 17.1 Å². The van der Waals surface area contributed by atoms with Gasteiger partial charge in [-0.15, -0.1) is 0 Å². The van der Waals surface area contributed by atoms with Crippen LogP contribution in [0.1, 0.15) is 33.6 Å². The molecule has 0 atom stereocenters. The van der Waals surface area contributed by atoms with Crippen LogP contribution in [0.2, 0.25) is 0 Å². The molecule has 0 aliphatic heterocycles. The number of benzene rings is 1. The highest BCUT2D eigenvalue weighted by atomic mass is 19.4. The fraction of sp³-hybridized carbons (Fsp3) is 0.250. The van der Waals surface area contributed by atoms with Crippen molar-refractivity contribution in [1.29, 1.82) is 0 Å². The van der Waals surface area contributed by atoms with Crippen LogP contribution < -0.4 is 10.1 Å². The molecule has 2 aromatic rings. The number of carbonyl (C=O) groups is 2. The van der Waals surface area contributed by atoms with Gasteiger partial charge in [0.15, 0.2) is 12.4 Å². The van der Waals surface area contributed by atoms with E-state index in [0.717, 1.165) is 6.07 Å². The first kappa shape index (κ1) is 18.4. The third kappa shape index (κ3) is 5.00. The maximum Gasteiger partial charge on any atom is 0.422 e. The standard InChI is InChI=1S/C16H14F3NO5/c1-2-12-11(15(22)23)7-13(25-12)14(21)20-9-3-5-10(6-4-9)24-8-16(17,18)19/h3-7H,2,8H2,1H3,(H,20,21)(H,22,23). The van der Waals surface area contributed by atoms with Crippen LogP contribution in [0.15, 0.2) is 34.7 Å². The quantitative estimate of drug-likeness (QED) is 0.822. The molecule has 6 nitrogen and oxygen atoms in total. The first-order valence-electron chi connectivity index (χ1n) is 7.16. The third-order valence-corrected chi connectivity index (χ3v) is 3.10. The van der Waals surface area contributed by atoms with Crippen molar-refractivity contribution in [1.82, 2.24) is 0 Å². The first-order chi connectivity index (χ1) is 11.7. The summed E-state index contributed by atoms with van der Waals surface area (Å²) in [4.78, 5) is 23.1. The van der Waals surface area contributed by atoms with Crippen LogP contribution >= 0.6 is 0 Å². The smallest absolute Gasteiger partial charge is 0.422 e. The van der Waals surface area contributed by atoms with Crippen LogP contribution in [0, 0.1) is 0 Å². The van der Waals surface area contributed by atoms with Crippen molar-refractivity contribution in [2.75, 3.05) is 11.9 Å². The third-order valence-electron chi connectivity index (χ3n) is 3.10. The Balaban J connectivity index is 2.04. The van der Waals surface area contributed by atoms with E-state index < -0.39 is 24.7 Å². The fourth-order valence-corrected chi connectivity index (χ4v) is 1.98. The lowest BCUT2D eigenvalue weighted by atomic mass is 10.2. The summed E-state index contributed by atoms with van der Waals surface area (Å²) >= 11 is 0. The van der Waals surface area contributed by atoms with E-state index in [4.69, 9.17) is 9.52 Å². The van der Waals surface area contributed by atoms with Crippen LogP contribution in [0.3, 0.4) is 0 Å². The molecular weight excluding hydrogens is 343 g/mol. The number of carboxylic acid groups (broad SMARTS) is 1. The number of carbonyl (C=O) groups excluding carboxylic acids is 1. The Labute approximate surface area is 140 Å². The van der Waals surface area contributed by atoms with Gasteiger partial charge in [-0.05, 0) is 24.3 Å². The molecule has 1 aromatic heterocycles. The molecule has 2 N–H and O–H groups in total. The molecule has 0 aliphatic carbocycles. The van der Waals surface area contributed by atoms with Crippen LogP contribution in [-0.4, -0.2) is 29.8 Å². The van der Waals surface area contributed by atoms with E-state index >= 15 is 0 Å². The van der Waals surface area contributed by atoms with Crippen LogP contribution in [-0.2, 0) is 6.42 Å². The number of aryl methyl sites for hydroxylation is 1. The van der Waals surface area contributed by atoms with Crippen molar-refractivity contribution in [3.05, 3.63) is 47.4 Å². The molecule has 0 bridgehead atoms. The number of amides is 1. The molecule has 25 heavy (non-hydrogen) atoms. The lowest BCUT2D eigenvalue weighted by Gasteiger charge is -2.09. The molecular formula is C16H14F3NO5. The average molecular weight is 357 g/mol. The molecule has 9 heteroatoms. The minimum atomic E-state index is -4.44. The Morgan fingerprint density at radius 2 is 1.88 bits per heavy atom. The number of anilines is 1. The zero-order chi connectivity index (χ0) is 18.6. The fourth-order valence-electron chi connectivity index (χ4n) is 1.98. The number of alkyl halides is 3. The largest absolute Gasteiger partial charge is 0.484 e. The van der Waals surface area contributed by atoms with Gasteiger partial charge in [0.25, 0.3) is 5.91 Å². The maximum absolute atomic E-state index is 12.1. The van der Waals surface area contributed by atoms with Crippen molar-refractivity contribution in [3.8, 4) is 5.75 Å². The van der Waals surface area contributed by atoms with Gasteiger partial charge in [0.2, 0.25) is 0 Å². The molecule has 1 aromatic carbocycles. The second-order valence-corrected chi connectivity index (χ2v) is 4.99. The topological polar surface area (TPSA) is 88.8 Å². The highest BCUT2D eigenvalue weighted by Crippen LogP contribution is 2.22. The van der Waals surface area contributed by atoms with Crippen molar-refractivity contribution in [3.63, 3.8) is 0 Å². The van der Waals surface area contributed by atoms with Gasteiger partial charge in [0.05, 0.1) is 0 Å². The Morgan fingerprint density at radius 1 is 1.24 bits per heavy atom. The summed E-state index contributed by atoms with van der Waals surface area (Å²) in [5.41, 5.74) is 0.194. The molecule has 1 heterocycles. The van der Waals surface area contributed by atoms with E-state index in [1.54, 1.807) is 6.92 Å². The zero-order valence-corrected chi connectivity index (χ0v) is 13.0. The van der Waals surface area contributed by atoms with E-state index in [0.29, 0.717) is 6.42 Å². The van der Waals surface area contributed by atoms with Gasteiger partial charge in [-0.3, -0.25) is 4.79 Å². The monoisotopic (exact) mass is 357 g/mol. The van der Waals surface area contributed by atoms with Crippen molar-refractivity contribution in [2.24, 2.45) is 0 Å². The number of hydrogen-bond acceptors (Lipinski definition) is 4. The number of hydrogen-bond donors (Lipinski definition) is 2. The molecule has 2 rings (SSSR count). The molecule has 0 saturated heterocycles. The lowest BCUT2D eigenvalue weighted by Crippen LogP contribution is -2.19. The summed E-state index contributed by atoms with van der Waals surface area (Å²) in [6.07, 6.45) is -4.13. The predicted molar refractivity (Wildman–Crippen MR) is 81.0 cm³/mol. The summed E-state index contributed by atoms with van der Waals surface area (Å²) in [7, 11) is 0. The SMILES string of the molecule is CCc1oc(C(=O)Nc2ccc(OCC(F)(F)F)cc2)cc1C(=O)O. The van der Waals surface area contributed by atoms with Crippen LogP contribution in [0.4, 0.5) is 18.9 Å². The maximum atomic E-state index is 12.1. The van der Waals surface area contributed by atoms with Gasteiger partial charge in [-0.2, -0.15) is 13.2 Å². The summed E-state index contributed by atoms with van der Waals surface area (Å²) in [5, 5.41) is 11.5. The second-order valence-electron chi connectivity index (χ2n) is 4.99. The molecule has 0 spiro atoms. The molecule has 134 valence electrons. The van der Waals surface area contributed by atoms with Crippen molar-refractivity contribution >= 4 is 17.6 Å². The number of halogens is 3. The number of furan rings is 1. The van der Waals surface area contributed by atoms with E-state index in [2.05, 4.69) is 10.1 Å². The van der Waals surface area contributed by atoms with Crippen molar-refractivity contribution < 1.29 is 37.0 Å². The molecule has 0 aliphatic rings. The Morgan fingerprint density at radius 3 is 2.36 bits per heavy atom. The first-order valence-corrected chi connectivity index (χ1v) is 7.16. The van der Waals surface area contributed by atoms with Crippen molar-refractivity contribution in [2.45, 2.75) is 19.5 Å². The van der Waals surface area contributed by atoms with E-state index in [9.17, 15) is 22.8 Å². The minimum Gasteiger partial charge on any atom is -0.484 e. The van der Waals surface area contributed by atoms with Gasteiger partial charge >= 0.3 is 12.1 Å². The van der Waals surface area contributed by atoms with Gasteiger partial charge in [-0.1, -0.05) is 6.92 Å². The molecule has 1 amide bonds. The Bertz CT molecular complexity index is 765. The molecule has 0 radical (unpaired) electrons. The predicted octanol–water partition coefficient (Wildman–Crippen LogP) is 3.73. The zero-order valence-electron chi connectivity index (χ0n) is 13.0. The average Bonchev–Trinajstić information content (AvgIpc) is 2.98. The van der Waals surface area contributed by atoms with E-state index in [-0.39, 0.29) is 28.5 Å². The lowest BCUT2D eigenvalue weighted by molar-refractivity contribution is -0.153. The van der Waals surface area contributed by atoms with Gasteiger partial charge in [-0.25, -0.2) is 4.79 Å². The molecule has 0 saturated carbocycles. The van der Waals surface area contributed by atoms with Gasteiger partial charge < -0.3 is 19.6 Å². The summed E-state index contributed by atoms with van der Waals surface area (Å²) in [5.74, 6) is -1.88. The summed E-state index contributed by atoms with van der Waals surface area (Å²) in [6.45, 7) is 0.273. The Hall–Kier alpha value is -2.97. The summed E-state index contributed by atoms with van der Waals surface area (Å²) in [6, 6.07) is 6.36. The highest BCUT2D eigenvalue weighted by molar-refractivity contribution is 6.04. The van der Waals surface area contributed by atoms with E-state index in [1.165, 1.54) is 24.3 Å². The number of aromatic carboxylic acids is 1. The number of carboxylic acids is 1. The normalized spacial score (nSPS) is 11.2. The minimum absolute atomic E-state index is 0.00486. The molecule has 0 unspecified atom stereocenters. The summed E-state index contributed by atoms with van der Waals surface area (Å²) < 4.78 is 46.0. The number of ether oxygens (including phenoxy) is 1. The van der Waals surface area contributed by atoms with Gasteiger partial charge in [0, 0.05) is 18.2 Å². The van der Waals surface area contributed by atoms with E-state index in [1.807, 2.05) is 0 Å². The number of nitrogens with one attached hydrogen (secondary N) is 1. The Kier molecular flexibility index (Phi) is 5.35. The van der Waals surface area contributed by atoms with Crippen LogP contribution in [0.5, 0.6) is 5.75 Å². The molecule has 0 fully saturated rings. The van der Waals surface area contributed by atoms with Crippen LogP contribution in [0.25, 0.3) is 0 Å². The number of rotatable bonds is 6. The highest BCUT2D eigenvalue weighted by Gasteiger charge is 2.28.